The Hall–Kier alpha value is -0.100. The summed E-state index contributed by atoms with van der Waals surface area (Å²) in [4.78, 5) is 11.9. The Bertz CT molecular complexity index is 322. The molecule has 0 aromatic rings. The van der Waals surface area contributed by atoms with Crippen LogP contribution in [0.3, 0.4) is 0 Å². The van der Waals surface area contributed by atoms with Crippen LogP contribution in [0, 0.1) is 0 Å². The SMILES string of the molecule is CC(Br)CCNC(=O)C(C)(C)S(C)(=O)=O. The molecule has 0 heterocycles. The first kappa shape index (κ1) is 14.9. The number of sulfone groups is 1. The summed E-state index contributed by atoms with van der Waals surface area (Å²) >= 11 is 3.34. The molecule has 0 fully saturated rings. The number of carbonyl (C=O) groups excluding carboxylic acids is 1. The lowest BCUT2D eigenvalue weighted by atomic mass is 10.2. The van der Waals surface area contributed by atoms with Crippen molar-refractivity contribution in [2.75, 3.05) is 12.8 Å². The summed E-state index contributed by atoms with van der Waals surface area (Å²) < 4.78 is 21.3. The molecule has 0 spiro atoms. The van der Waals surface area contributed by atoms with E-state index in [1.165, 1.54) is 13.8 Å². The number of amides is 1. The highest BCUT2D eigenvalue weighted by Crippen LogP contribution is 2.15. The summed E-state index contributed by atoms with van der Waals surface area (Å²) in [7, 11) is -3.38. The second-order valence-corrected chi connectivity index (χ2v) is 8.24. The van der Waals surface area contributed by atoms with Gasteiger partial charge in [-0.05, 0) is 20.3 Å². The second kappa shape index (κ2) is 5.30. The molecule has 6 heteroatoms. The van der Waals surface area contributed by atoms with Gasteiger partial charge < -0.3 is 5.32 Å². The van der Waals surface area contributed by atoms with Crippen molar-refractivity contribution < 1.29 is 13.2 Å². The largest absolute Gasteiger partial charge is 0.355 e. The van der Waals surface area contributed by atoms with Crippen molar-refractivity contribution in [3.05, 3.63) is 0 Å². The number of hydrogen-bond acceptors (Lipinski definition) is 3. The minimum absolute atomic E-state index is 0.305. The van der Waals surface area contributed by atoms with Crippen LogP contribution in [0.15, 0.2) is 0 Å². The molecule has 1 amide bonds. The lowest BCUT2D eigenvalue weighted by molar-refractivity contribution is -0.122. The van der Waals surface area contributed by atoms with E-state index in [2.05, 4.69) is 21.2 Å². The van der Waals surface area contributed by atoms with E-state index in [9.17, 15) is 13.2 Å². The minimum Gasteiger partial charge on any atom is -0.355 e. The fourth-order valence-corrected chi connectivity index (χ4v) is 1.40. The zero-order chi connectivity index (χ0) is 12.3. The summed E-state index contributed by atoms with van der Waals surface area (Å²) in [5.41, 5.74) is 0. The number of hydrogen-bond donors (Lipinski definition) is 1. The Labute approximate surface area is 99.9 Å². The number of alkyl halides is 1. The molecule has 90 valence electrons. The number of carbonyl (C=O) groups is 1. The average molecular weight is 300 g/mol. The molecule has 1 unspecified atom stereocenters. The number of nitrogens with one attached hydrogen (secondary N) is 1. The van der Waals surface area contributed by atoms with Gasteiger partial charge in [0.15, 0.2) is 9.84 Å². The van der Waals surface area contributed by atoms with Gasteiger partial charge in [0.25, 0.3) is 0 Å². The summed E-state index contributed by atoms with van der Waals surface area (Å²) in [6.07, 6.45) is 1.84. The molecule has 1 N–H and O–H groups in total. The average Bonchev–Trinajstić information content (AvgIpc) is 2.01. The Morgan fingerprint density at radius 2 is 1.93 bits per heavy atom. The molecule has 0 saturated carbocycles. The molecular formula is C9H18BrNO3S. The van der Waals surface area contributed by atoms with E-state index in [1.807, 2.05) is 6.92 Å². The van der Waals surface area contributed by atoms with Gasteiger partial charge in [0.05, 0.1) is 0 Å². The molecule has 0 bridgehead atoms. The van der Waals surface area contributed by atoms with Crippen LogP contribution in [-0.2, 0) is 14.6 Å². The maximum absolute atomic E-state index is 11.6. The van der Waals surface area contributed by atoms with E-state index >= 15 is 0 Å². The van der Waals surface area contributed by atoms with E-state index < -0.39 is 20.5 Å². The molecule has 4 nitrogen and oxygen atoms in total. The Morgan fingerprint density at radius 3 is 2.27 bits per heavy atom. The van der Waals surface area contributed by atoms with Crippen molar-refractivity contribution in [3.8, 4) is 0 Å². The van der Waals surface area contributed by atoms with Crippen molar-refractivity contribution in [1.82, 2.24) is 5.32 Å². The Morgan fingerprint density at radius 1 is 1.47 bits per heavy atom. The van der Waals surface area contributed by atoms with E-state index in [0.29, 0.717) is 11.4 Å². The third-order valence-electron chi connectivity index (χ3n) is 2.30. The first-order valence-electron chi connectivity index (χ1n) is 4.71. The van der Waals surface area contributed by atoms with Crippen LogP contribution in [-0.4, -0.2) is 36.7 Å². The maximum Gasteiger partial charge on any atom is 0.240 e. The molecule has 0 aliphatic rings. The fraction of sp³-hybridized carbons (Fsp3) is 0.889. The van der Waals surface area contributed by atoms with Gasteiger partial charge in [-0.1, -0.05) is 22.9 Å². The van der Waals surface area contributed by atoms with Crippen LogP contribution in [0.4, 0.5) is 0 Å². The van der Waals surface area contributed by atoms with Crippen molar-refractivity contribution in [3.63, 3.8) is 0 Å². The van der Waals surface area contributed by atoms with Crippen LogP contribution in [0.1, 0.15) is 27.2 Å². The highest BCUT2D eigenvalue weighted by molar-refractivity contribution is 9.09. The molecule has 0 aromatic heterocycles. The van der Waals surface area contributed by atoms with E-state index in [0.717, 1.165) is 12.7 Å². The topological polar surface area (TPSA) is 63.2 Å². The predicted molar refractivity (Wildman–Crippen MR) is 64.9 cm³/mol. The van der Waals surface area contributed by atoms with Gasteiger partial charge in [-0.3, -0.25) is 4.79 Å². The highest BCUT2D eigenvalue weighted by atomic mass is 79.9. The molecule has 1 atom stereocenters. The smallest absolute Gasteiger partial charge is 0.240 e. The third-order valence-corrected chi connectivity index (χ3v) is 4.80. The first-order valence-corrected chi connectivity index (χ1v) is 7.51. The van der Waals surface area contributed by atoms with Crippen LogP contribution in [0.5, 0.6) is 0 Å². The van der Waals surface area contributed by atoms with Crippen molar-refractivity contribution in [1.29, 1.82) is 0 Å². The quantitative estimate of drug-likeness (QED) is 0.773. The van der Waals surface area contributed by atoms with Crippen molar-refractivity contribution in [2.24, 2.45) is 0 Å². The lowest BCUT2D eigenvalue weighted by Crippen LogP contribution is -2.47. The molecule has 15 heavy (non-hydrogen) atoms. The van der Waals surface area contributed by atoms with Crippen molar-refractivity contribution >= 4 is 31.7 Å². The zero-order valence-electron chi connectivity index (χ0n) is 9.50. The van der Waals surface area contributed by atoms with E-state index in [4.69, 9.17) is 0 Å². The lowest BCUT2D eigenvalue weighted by Gasteiger charge is -2.21. The molecule has 0 aliphatic carbocycles. The molecule has 0 aliphatic heterocycles. The van der Waals surface area contributed by atoms with Gasteiger partial charge in [-0.25, -0.2) is 8.42 Å². The van der Waals surface area contributed by atoms with Gasteiger partial charge in [0.1, 0.15) is 4.75 Å². The second-order valence-electron chi connectivity index (χ2n) is 4.11. The summed E-state index contributed by atoms with van der Waals surface area (Å²) in [6.45, 7) is 5.27. The minimum atomic E-state index is -3.38. The van der Waals surface area contributed by atoms with Crippen LogP contribution >= 0.6 is 15.9 Å². The Kier molecular flexibility index (Phi) is 5.26. The molecule has 0 aromatic carbocycles. The highest BCUT2D eigenvalue weighted by Gasteiger charge is 2.38. The molecule has 0 radical (unpaired) electrons. The normalized spacial score (nSPS) is 14.7. The summed E-state index contributed by atoms with van der Waals surface area (Å²) in [5, 5.41) is 2.61. The van der Waals surface area contributed by atoms with Gasteiger partial charge in [-0.15, -0.1) is 0 Å². The predicted octanol–water partition coefficient (Wildman–Crippen LogP) is 1.10. The van der Waals surface area contributed by atoms with Crippen LogP contribution < -0.4 is 5.32 Å². The van der Waals surface area contributed by atoms with Crippen LogP contribution in [0.2, 0.25) is 0 Å². The Balaban J connectivity index is 4.35. The van der Waals surface area contributed by atoms with Gasteiger partial charge in [-0.2, -0.15) is 0 Å². The van der Waals surface area contributed by atoms with Crippen LogP contribution in [0.25, 0.3) is 0 Å². The molecule has 0 saturated heterocycles. The fourth-order valence-electron chi connectivity index (χ4n) is 0.766. The van der Waals surface area contributed by atoms with E-state index in [-0.39, 0.29) is 0 Å². The van der Waals surface area contributed by atoms with Gasteiger partial charge in [0, 0.05) is 17.6 Å². The van der Waals surface area contributed by atoms with Crippen molar-refractivity contribution in [2.45, 2.75) is 36.8 Å². The maximum atomic E-state index is 11.6. The first-order chi connectivity index (χ1) is 6.59. The summed E-state index contributed by atoms with van der Waals surface area (Å²) in [6, 6.07) is 0. The van der Waals surface area contributed by atoms with Gasteiger partial charge >= 0.3 is 0 Å². The number of halogens is 1. The zero-order valence-corrected chi connectivity index (χ0v) is 11.9. The number of rotatable bonds is 5. The standard InChI is InChI=1S/C9H18BrNO3S/c1-7(10)5-6-11-8(12)9(2,3)15(4,13)14/h7H,5-6H2,1-4H3,(H,11,12). The molecule has 0 rings (SSSR count). The monoisotopic (exact) mass is 299 g/mol. The third kappa shape index (κ3) is 4.51. The molecular weight excluding hydrogens is 282 g/mol. The summed E-state index contributed by atoms with van der Waals surface area (Å²) in [5.74, 6) is -0.446. The van der Waals surface area contributed by atoms with E-state index in [1.54, 1.807) is 0 Å². The van der Waals surface area contributed by atoms with Gasteiger partial charge in [0.2, 0.25) is 5.91 Å².